The van der Waals surface area contributed by atoms with Crippen molar-refractivity contribution in [2.75, 3.05) is 4.90 Å². The van der Waals surface area contributed by atoms with Crippen molar-refractivity contribution in [3.05, 3.63) is 93.1 Å². The van der Waals surface area contributed by atoms with Crippen LogP contribution < -0.4 is 10.5 Å². The van der Waals surface area contributed by atoms with Gasteiger partial charge in [0.25, 0.3) is 5.56 Å². The number of rotatable bonds is 5. The second-order valence-corrected chi connectivity index (χ2v) is 11.0. The second kappa shape index (κ2) is 10.1. The minimum absolute atomic E-state index is 0.0713. The average molecular weight is 562 g/mol. The van der Waals surface area contributed by atoms with Crippen molar-refractivity contribution < 1.29 is 18.7 Å². The van der Waals surface area contributed by atoms with Crippen LogP contribution in [0, 0.1) is 18.6 Å². The molecule has 204 valence electrons. The van der Waals surface area contributed by atoms with E-state index in [1.807, 2.05) is 28.8 Å². The zero-order chi connectivity index (χ0) is 28.1. The quantitative estimate of drug-likeness (QED) is 0.320. The Hall–Kier alpha value is -4.22. The number of carbonyl (C=O) groups is 1. The number of benzene rings is 1. The highest BCUT2D eigenvalue weighted by molar-refractivity contribution is 7.15. The number of halogens is 2. The minimum Gasteiger partial charge on any atom is -0.391 e. The van der Waals surface area contributed by atoms with E-state index in [0.29, 0.717) is 45.3 Å². The molecule has 8 nitrogen and oxygen atoms in total. The summed E-state index contributed by atoms with van der Waals surface area (Å²) in [5.74, 6) is -2.23. The number of carbonyl (C=O) groups excluding carboxylic acids is 1. The van der Waals surface area contributed by atoms with E-state index in [2.05, 4.69) is 4.98 Å². The lowest BCUT2D eigenvalue weighted by atomic mass is 9.96. The maximum Gasteiger partial charge on any atom is 0.253 e. The van der Waals surface area contributed by atoms with Crippen LogP contribution in [0.4, 0.5) is 14.5 Å². The second-order valence-electron chi connectivity index (χ2n) is 9.88. The summed E-state index contributed by atoms with van der Waals surface area (Å²) in [7, 11) is 1.71. The molecule has 0 aliphatic carbocycles. The molecular formula is C29H25F2N5O3S. The van der Waals surface area contributed by atoms with Crippen LogP contribution in [0.5, 0.6) is 0 Å². The van der Waals surface area contributed by atoms with Crippen LogP contribution in [0.1, 0.15) is 41.4 Å². The Morgan fingerprint density at radius 1 is 1.10 bits per heavy atom. The molecule has 0 saturated carbocycles. The van der Waals surface area contributed by atoms with Gasteiger partial charge in [0.15, 0.2) is 11.6 Å². The minimum atomic E-state index is -1.03. The predicted molar refractivity (Wildman–Crippen MR) is 148 cm³/mol. The molecule has 1 fully saturated rings. The normalized spacial score (nSPS) is 15.8. The molecule has 5 aromatic rings. The summed E-state index contributed by atoms with van der Waals surface area (Å²) < 4.78 is 31.4. The summed E-state index contributed by atoms with van der Waals surface area (Å²) in [4.78, 5) is 37.1. The molecular weight excluding hydrogens is 536 g/mol. The van der Waals surface area contributed by atoms with E-state index in [1.54, 1.807) is 26.4 Å². The predicted octanol–water partition coefficient (Wildman–Crippen LogP) is 5.16. The van der Waals surface area contributed by atoms with Gasteiger partial charge in [0.2, 0.25) is 5.91 Å². The average Bonchev–Trinajstić information content (AvgIpc) is 3.57. The number of aryl methyl sites for hydroxylation is 2. The zero-order valence-electron chi connectivity index (χ0n) is 21.8. The van der Waals surface area contributed by atoms with Crippen molar-refractivity contribution in [1.29, 1.82) is 0 Å². The first-order chi connectivity index (χ1) is 19.2. The molecule has 1 atom stereocenters. The Balaban J connectivity index is 1.55. The molecule has 11 heteroatoms. The van der Waals surface area contributed by atoms with Crippen molar-refractivity contribution >= 4 is 28.6 Å². The van der Waals surface area contributed by atoms with Crippen molar-refractivity contribution in [2.24, 2.45) is 7.05 Å². The Kier molecular flexibility index (Phi) is 6.55. The number of anilines is 1. The number of hydrogen-bond donors (Lipinski definition) is 1. The van der Waals surface area contributed by atoms with E-state index in [-0.39, 0.29) is 30.2 Å². The van der Waals surface area contributed by atoms with Crippen molar-refractivity contribution in [2.45, 2.75) is 38.8 Å². The number of imidazole rings is 1. The first kappa shape index (κ1) is 26.0. The number of amides is 1. The van der Waals surface area contributed by atoms with Gasteiger partial charge in [0.05, 0.1) is 23.2 Å². The topological polar surface area (TPSA) is 92.7 Å². The molecule has 1 amide bonds. The highest BCUT2D eigenvalue weighted by Crippen LogP contribution is 2.41. The molecule has 0 bridgehead atoms. The summed E-state index contributed by atoms with van der Waals surface area (Å²) in [6.45, 7) is 1.60. The number of thiazole rings is 1. The Bertz CT molecular complexity index is 1820. The van der Waals surface area contributed by atoms with Crippen molar-refractivity contribution in [3.8, 4) is 21.8 Å². The third-order valence-corrected chi connectivity index (χ3v) is 8.20. The van der Waals surface area contributed by atoms with Gasteiger partial charge in [-0.05, 0) is 61.2 Å². The third kappa shape index (κ3) is 4.40. The van der Waals surface area contributed by atoms with E-state index >= 15 is 0 Å². The fourth-order valence-electron chi connectivity index (χ4n) is 5.30. The van der Waals surface area contributed by atoms with E-state index < -0.39 is 17.7 Å². The molecule has 40 heavy (non-hydrogen) atoms. The van der Waals surface area contributed by atoms with Gasteiger partial charge in [-0.25, -0.2) is 18.7 Å². The Morgan fingerprint density at radius 3 is 2.65 bits per heavy atom. The van der Waals surface area contributed by atoms with Crippen LogP contribution in [-0.4, -0.2) is 29.9 Å². The highest BCUT2D eigenvalue weighted by atomic mass is 32.1. The highest BCUT2D eigenvalue weighted by Gasteiger charge is 2.35. The molecule has 1 N–H and O–H groups in total. The molecule has 1 aromatic carbocycles. The van der Waals surface area contributed by atoms with Crippen LogP contribution in [0.15, 0.2) is 59.8 Å². The van der Waals surface area contributed by atoms with Gasteiger partial charge in [0, 0.05) is 49.4 Å². The van der Waals surface area contributed by atoms with E-state index in [4.69, 9.17) is 4.98 Å². The molecule has 0 radical (unpaired) electrons. The van der Waals surface area contributed by atoms with Gasteiger partial charge in [-0.15, -0.1) is 11.3 Å². The lowest BCUT2D eigenvalue weighted by Gasteiger charge is -2.35. The number of pyridine rings is 2. The van der Waals surface area contributed by atoms with Gasteiger partial charge in [-0.2, -0.15) is 0 Å². The van der Waals surface area contributed by atoms with Crippen molar-refractivity contribution in [3.63, 3.8) is 0 Å². The summed E-state index contributed by atoms with van der Waals surface area (Å²) in [6, 6.07) is 8.55. The Labute approximate surface area is 231 Å². The molecule has 1 aliphatic heterocycles. The molecule has 1 unspecified atom stereocenters. The summed E-state index contributed by atoms with van der Waals surface area (Å²) in [6.07, 6.45) is 6.69. The van der Waals surface area contributed by atoms with E-state index in [1.165, 1.54) is 26.9 Å². The van der Waals surface area contributed by atoms with Crippen molar-refractivity contribution in [1.82, 2.24) is 18.9 Å². The fraction of sp³-hybridized carbons (Fsp3) is 0.241. The molecule has 6 rings (SSSR count). The third-order valence-electron chi connectivity index (χ3n) is 7.21. The number of aliphatic hydroxyl groups excluding tert-OH is 1. The number of aromatic nitrogens is 4. The molecule has 1 aliphatic rings. The molecule has 4 aromatic heterocycles. The van der Waals surface area contributed by atoms with Gasteiger partial charge in [0.1, 0.15) is 16.3 Å². The monoisotopic (exact) mass is 561 g/mol. The lowest BCUT2D eigenvalue weighted by Crippen LogP contribution is -2.38. The summed E-state index contributed by atoms with van der Waals surface area (Å²) in [5, 5.41) is 10.3. The first-order valence-corrected chi connectivity index (χ1v) is 13.6. The van der Waals surface area contributed by atoms with E-state index in [9.17, 15) is 23.5 Å². The number of hydrogen-bond acceptors (Lipinski definition) is 6. The largest absolute Gasteiger partial charge is 0.391 e. The molecule has 1 saturated heterocycles. The SMILES string of the molecule is Cc1cc(-c2ccn3c(-c4ncc(CO)s4)c(C4CCCC(=O)N4c4ccc(F)c(F)c4)nc3c2)cn(C)c1=O. The summed E-state index contributed by atoms with van der Waals surface area (Å²) >= 11 is 1.32. The standard InChI is InChI=1S/C29H25F2N5O3S/c1-16-10-18(14-34(2)29(16)39)17-8-9-35-24(11-17)33-26(27(35)28-32-13-20(15-37)40-28)23-4-3-5-25(38)36(23)19-6-7-21(30)22(31)12-19/h6-14,23,37H,3-5,15H2,1-2H3. The van der Waals surface area contributed by atoms with Crippen LogP contribution in [0.3, 0.4) is 0 Å². The van der Waals surface area contributed by atoms with Gasteiger partial charge < -0.3 is 14.6 Å². The lowest BCUT2D eigenvalue weighted by molar-refractivity contribution is -0.120. The van der Waals surface area contributed by atoms with Crippen LogP contribution in [0.25, 0.3) is 27.5 Å². The Morgan fingerprint density at radius 2 is 1.93 bits per heavy atom. The van der Waals surface area contributed by atoms with Gasteiger partial charge in [-0.3, -0.25) is 14.0 Å². The first-order valence-electron chi connectivity index (χ1n) is 12.8. The summed E-state index contributed by atoms with van der Waals surface area (Å²) in [5.41, 5.74) is 4.33. The fourth-order valence-corrected chi connectivity index (χ4v) is 6.12. The number of fused-ring (bicyclic) bond motifs is 1. The van der Waals surface area contributed by atoms with Crippen LogP contribution in [-0.2, 0) is 18.4 Å². The zero-order valence-corrected chi connectivity index (χ0v) is 22.6. The number of nitrogens with zero attached hydrogens (tertiary/aromatic N) is 5. The number of aliphatic hydroxyl groups is 1. The smallest absolute Gasteiger partial charge is 0.253 e. The maximum atomic E-state index is 14.2. The van der Waals surface area contributed by atoms with Gasteiger partial charge >= 0.3 is 0 Å². The van der Waals surface area contributed by atoms with Crippen LogP contribution in [0.2, 0.25) is 0 Å². The van der Waals surface area contributed by atoms with E-state index in [0.717, 1.165) is 23.3 Å². The maximum absolute atomic E-state index is 14.2. The molecule has 0 spiro atoms. The van der Waals surface area contributed by atoms with Crippen LogP contribution >= 0.6 is 11.3 Å². The van der Waals surface area contributed by atoms with Gasteiger partial charge in [-0.1, -0.05) is 0 Å². The molecule has 5 heterocycles. The number of piperidine rings is 1.